The SMILES string of the molecule is C1=CSN=CCC1. The molecule has 0 spiro atoms. The second-order valence-electron chi connectivity index (χ2n) is 1.34. The van der Waals surface area contributed by atoms with Crippen molar-refractivity contribution in [3.63, 3.8) is 0 Å². The Hall–Kier alpha value is -0.240. The Bertz CT molecular complexity index is 84.3. The molecule has 1 aliphatic rings. The van der Waals surface area contributed by atoms with E-state index < -0.39 is 0 Å². The molecule has 0 saturated carbocycles. The zero-order chi connectivity index (χ0) is 4.95. The Morgan fingerprint density at radius 1 is 1.43 bits per heavy atom. The number of allylic oxidation sites excluding steroid dienone is 1. The standard InChI is InChI=1S/C5H7NS/c1-2-4-6-7-5-3-1/h3-5H,1-2H2. The second kappa shape index (κ2) is 2.86. The summed E-state index contributed by atoms with van der Waals surface area (Å²) in [5, 5.41) is 2.02. The first kappa shape index (κ1) is 4.91. The monoisotopic (exact) mass is 113 g/mol. The molecular formula is C5H7NS. The average Bonchev–Trinajstić information content (AvgIpc) is 1.90. The van der Waals surface area contributed by atoms with Gasteiger partial charge in [0.05, 0.1) is 0 Å². The summed E-state index contributed by atoms with van der Waals surface area (Å²) >= 11 is 1.50. The van der Waals surface area contributed by atoms with Crippen LogP contribution in [0, 0.1) is 0 Å². The molecule has 1 aliphatic heterocycles. The van der Waals surface area contributed by atoms with Gasteiger partial charge in [0.25, 0.3) is 0 Å². The van der Waals surface area contributed by atoms with Crippen LogP contribution in [0.4, 0.5) is 0 Å². The van der Waals surface area contributed by atoms with Gasteiger partial charge in [-0.15, -0.1) is 0 Å². The van der Waals surface area contributed by atoms with E-state index in [1.807, 2.05) is 11.6 Å². The molecule has 0 aromatic rings. The second-order valence-corrected chi connectivity index (χ2v) is 2.04. The lowest BCUT2D eigenvalue weighted by Crippen LogP contribution is -1.65. The quantitative estimate of drug-likeness (QED) is 0.438. The van der Waals surface area contributed by atoms with Crippen molar-refractivity contribution in [1.82, 2.24) is 0 Å². The van der Waals surface area contributed by atoms with Crippen molar-refractivity contribution in [1.29, 1.82) is 0 Å². The summed E-state index contributed by atoms with van der Waals surface area (Å²) < 4.78 is 3.98. The Morgan fingerprint density at radius 2 is 2.43 bits per heavy atom. The van der Waals surface area contributed by atoms with Gasteiger partial charge in [0, 0.05) is 18.2 Å². The van der Waals surface area contributed by atoms with Crippen LogP contribution in [-0.4, -0.2) is 6.21 Å². The summed E-state index contributed by atoms with van der Waals surface area (Å²) in [4.78, 5) is 0. The van der Waals surface area contributed by atoms with Crippen LogP contribution < -0.4 is 0 Å². The van der Waals surface area contributed by atoms with Gasteiger partial charge in [-0.3, -0.25) is 0 Å². The summed E-state index contributed by atoms with van der Waals surface area (Å²) in [6.45, 7) is 0. The van der Waals surface area contributed by atoms with Gasteiger partial charge in [-0.2, -0.15) is 0 Å². The molecular weight excluding hydrogens is 106 g/mol. The molecule has 1 heterocycles. The smallest absolute Gasteiger partial charge is 0.0133 e. The predicted octanol–water partition coefficient (Wildman–Crippen LogP) is 2.01. The Balaban J connectivity index is 2.38. The van der Waals surface area contributed by atoms with Gasteiger partial charge in [-0.25, -0.2) is 4.40 Å². The maximum absolute atomic E-state index is 3.98. The summed E-state index contributed by atoms with van der Waals surface area (Å²) in [5.74, 6) is 0. The Morgan fingerprint density at radius 3 is 3.43 bits per heavy atom. The minimum absolute atomic E-state index is 1.10. The number of rotatable bonds is 0. The van der Waals surface area contributed by atoms with Gasteiger partial charge in [-0.05, 0) is 18.2 Å². The molecule has 0 radical (unpaired) electrons. The van der Waals surface area contributed by atoms with Crippen LogP contribution in [0.5, 0.6) is 0 Å². The van der Waals surface area contributed by atoms with E-state index in [2.05, 4.69) is 10.5 Å². The molecule has 0 N–H and O–H groups in total. The first-order valence-electron chi connectivity index (χ1n) is 2.33. The normalized spacial score (nSPS) is 19.4. The Kier molecular flexibility index (Phi) is 2.00. The molecule has 0 amide bonds. The average molecular weight is 113 g/mol. The molecule has 0 aliphatic carbocycles. The van der Waals surface area contributed by atoms with E-state index in [4.69, 9.17) is 0 Å². The lowest BCUT2D eigenvalue weighted by atomic mass is 10.3. The first-order chi connectivity index (χ1) is 3.50. The minimum atomic E-state index is 1.10. The topological polar surface area (TPSA) is 12.4 Å². The fourth-order valence-electron chi connectivity index (χ4n) is 0.413. The van der Waals surface area contributed by atoms with Crippen molar-refractivity contribution in [2.24, 2.45) is 4.40 Å². The molecule has 1 rings (SSSR count). The highest BCUT2D eigenvalue weighted by atomic mass is 32.2. The van der Waals surface area contributed by atoms with Crippen LogP contribution in [0.15, 0.2) is 15.9 Å². The van der Waals surface area contributed by atoms with Crippen molar-refractivity contribution >= 4 is 18.2 Å². The molecule has 0 aromatic carbocycles. The zero-order valence-corrected chi connectivity index (χ0v) is 4.82. The number of nitrogens with zero attached hydrogens (tertiary/aromatic N) is 1. The van der Waals surface area contributed by atoms with E-state index >= 15 is 0 Å². The van der Waals surface area contributed by atoms with Crippen LogP contribution >= 0.6 is 11.9 Å². The zero-order valence-electron chi connectivity index (χ0n) is 4.00. The minimum Gasteiger partial charge on any atom is -0.224 e. The van der Waals surface area contributed by atoms with E-state index in [1.165, 1.54) is 11.9 Å². The van der Waals surface area contributed by atoms with Crippen LogP contribution in [0.3, 0.4) is 0 Å². The van der Waals surface area contributed by atoms with E-state index in [-0.39, 0.29) is 0 Å². The highest BCUT2D eigenvalue weighted by molar-refractivity contribution is 8.01. The summed E-state index contributed by atoms with van der Waals surface area (Å²) in [5.41, 5.74) is 0. The van der Waals surface area contributed by atoms with Crippen molar-refractivity contribution < 1.29 is 0 Å². The van der Waals surface area contributed by atoms with Gasteiger partial charge in [0.2, 0.25) is 0 Å². The van der Waals surface area contributed by atoms with Gasteiger partial charge >= 0.3 is 0 Å². The van der Waals surface area contributed by atoms with Gasteiger partial charge < -0.3 is 0 Å². The maximum atomic E-state index is 3.98. The van der Waals surface area contributed by atoms with Gasteiger partial charge in [0.15, 0.2) is 0 Å². The van der Waals surface area contributed by atoms with Crippen LogP contribution in [-0.2, 0) is 0 Å². The molecule has 0 fully saturated rings. The van der Waals surface area contributed by atoms with Gasteiger partial charge in [0.1, 0.15) is 0 Å². The third-order valence-electron chi connectivity index (χ3n) is 0.755. The molecule has 0 bridgehead atoms. The van der Waals surface area contributed by atoms with Crippen molar-refractivity contribution in [2.75, 3.05) is 0 Å². The van der Waals surface area contributed by atoms with Crippen molar-refractivity contribution in [3.8, 4) is 0 Å². The largest absolute Gasteiger partial charge is 0.224 e. The van der Waals surface area contributed by atoms with Crippen LogP contribution in [0.2, 0.25) is 0 Å². The lowest BCUT2D eigenvalue weighted by Gasteiger charge is -1.74. The van der Waals surface area contributed by atoms with Crippen LogP contribution in [0.25, 0.3) is 0 Å². The summed E-state index contributed by atoms with van der Waals surface area (Å²) in [6, 6.07) is 0. The number of hydrogen-bond acceptors (Lipinski definition) is 2. The lowest BCUT2D eigenvalue weighted by molar-refractivity contribution is 1.13. The van der Waals surface area contributed by atoms with E-state index in [0.717, 1.165) is 12.8 Å². The molecule has 0 saturated heterocycles. The summed E-state index contributed by atoms with van der Waals surface area (Å²) in [6.07, 6.45) is 6.34. The molecule has 0 aromatic heterocycles. The third kappa shape index (κ3) is 1.78. The first-order valence-corrected chi connectivity index (χ1v) is 3.16. The third-order valence-corrected chi connectivity index (χ3v) is 1.34. The molecule has 0 atom stereocenters. The highest BCUT2D eigenvalue weighted by Gasteiger charge is 1.81. The molecule has 7 heavy (non-hydrogen) atoms. The van der Waals surface area contributed by atoms with E-state index in [9.17, 15) is 0 Å². The van der Waals surface area contributed by atoms with Crippen molar-refractivity contribution in [2.45, 2.75) is 12.8 Å². The maximum Gasteiger partial charge on any atom is 0.0133 e. The molecule has 2 heteroatoms. The fraction of sp³-hybridized carbons (Fsp3) is 0.400. The fourth-order valence-corrected chi connectivity index (χ4v) is 0.897. The molecule has 1 nitrogen and oxygen atoms in total. The van der Waals surface area contributed by atoms with Crippen molar-refractivity contribution in [3.05, 3.63) is 11.5 Å². The summed E-state index contributed by atoms with van der Waals surface area (Å²) in [7, 11) is 0. The molecule has 0 unspecified atom stereocenters. The number of hydrogen-bond donors (Lipinski definition) is 0. The Labute approximate surface area is 47.7 Å². The predicted molar refractivity (Wildman–Crippen MR) is 34.5 cm³/mol. The van der Waals surface area contributed by atoms with Gasteiger partial charge in [-0.1, -0.05) is 6.08 Å². The van der Waals surface area contributed by atoms with E-state index in [0.29, 0.717) is 0 Å². The van der Waals surface area contributed by atoms with Crippen LogP contribution in [0.1, 0.15) is 12.8 Å². The highest BCUT2D eigenvalue weighted by Crippen LogP contribution is 2.07. The van der Waals surface area contributed by atoms with E-state index in [1.54, 1.807) is 0 Å². The molecule has 38 valence electrons.